The van der Waals surface area contributed by atoms with E-state index in [4.69, 9.17) is 16.3 Å². The molecule has 146 valence electrons. The number of hydrogen-bond acceptors (Lipinski definition) is 3. The number of hydrogen-bond donors (Lipinski definition) is 1. The normalized spacial score (nSPS) is 10.8. The molecule has 0 aliphatic carbocycles. The Bertz CT molecular complexity index is 1030. The average molecular weight is 418 g/mol. The van der Waals surface area contributed by atoms with Crippen LogP contribution in [0.25, 0.3) is 0 Å². The van der Waals surface area contributed by atoms with Gasteiger partial charge in [-0.15, -0.1) is 0 Å². The number of ether oxygens (including phenoxy) is 1. The second-order valence-corrected chi connectivity index (χ2v) is 5.79. The maximum absolute atomic E-state index is 13.6. The molecule has 28 heavy (non-hydrogen) atoms. The van der Waals surface area contributed by atoms with Gasteiger partial charge in [-0.1, -0.05) is 11.6 Å². The number of carbonyl (C=O) groups excluding carboxylic acids is 1. The summed E-state index contributed by atoms with van der Waals surface area (Å²) in [5.74, 6) is -8.32. The second-order valence-electron chi connectivity index (χ2n) is 5.39. The molecular formula is C17H9ClF5N3O2. The number of halogens is 6. The Labute approximate surface area is 159 Å². The van der Waals surface area contributed by atoms with Crippen molar-refractivity contribution in [1.29, 1.82) is 0 Å². The minimum absolute atomic E-state index is 0.0219. The third-order valence-corrected chi connectivity index (χ3v) is 3.77. The number of amides is 1. The summed E-state index contributed by atoms with van der Waals surface area (Å²) in [4.78, 5) is 12.0. The fourth-order valence-corrected chi connectivity index (χ4v) is 2.29. The fraction of sp³-hybridized carbons (Fsp3) is 0.0588. The van der Waals surface area contributed by atoms with Gasteiger partial charge in [0.15, 0.2) is 35.7 Å². The summed E-state index contributed by atoms with van der Waals surface area (Å²) in [6.07, 6.45) is 1.30. The number of rotatable bonds is 5. The van der Waals surface area contributed by atoms with Crippen molar-refractivity contribution >= 4 is 23.2 Å². The van der Waals surface area contributed by atoms with Crippen molar-refractivity contribution in [3.05, 3.63) is 76.3 Å². The predicted octanol–water partition coefficient (Wildman–Crippen LogP) is 4.52. The lowest BCUT2D eigenvalue weighted by atomic mass is 10.2. The van der Waals surface area contributed by atoms with Crippen molar-refractivity contribution in [2.75, 3.05) is 5.32 Å². The number of nitrogens with zero attached hydrogens (tertiary/aromatic N) is 2. The van der Waals surface area contributed by atoms with Gasteiger partial charge in [0.05, 0.1) is 5.02 Å². The van der Waals surface area contributed by atoms with Crippen LogP contribution in [0.15, 0.2) is 36.5 Å². The molecule has 11 heteroatoms. The molecule has 3 rings (SSSR count). The lowest BCUT2D eigenvalue weighted by Gasteiger charge is -2.08. The first-order valence-corrected chi connectivity index (χ1v) is 7.89. The van der Waals surface area contributed by atoms with Gasteiger partial charge in [-0.3, -0.25) is 4.79 Å². The lowest BCUT2D eigenvalue weighted by molar-refractivity contribution is 0.101. The van der Waals surface area contributed by atoms with Gasteiger partial charge >= 0.3 is 0 Å². The highest BCUT2D eigenvalue weighted by Crippen LogP contribution is 2.25. The van der Waals surface area contributed by atoms with E-state index >= 15 is 0 Å². The lowest BCUT2D eigenvalue weighted by Crippen LogP contribution is -2.17. The van der Waals surface area contributed by atoms with Gasteiger partial charge in [-0.05, 0) is 18.2 Å². The third-order valence-electron chi connectivity index (χ3n) is 3.48. The van der Waals surface area contributed by atoms with E-state index in [0.717, 1.165) is 10.7 Å². The van der Waals surface area contributed by atoms with Crippen LogP contribution in [0.4, 0.5) is 27.6 Å². The molecule has 0 unspecified atom stereocenters. The number of anilines is 1. The van der Waals surface area contributed by atoms with Crippen LogP contribution in [-0.2, 0) is 6.73 Å². The van der Waals surface area contributed by atoms with E-state index in [0.29, 0.717) is 0 Å². The Hall–Kier alpha value is -3.14. The molecule has 1 amide bonds. The van der Waals surface area contributed by atoms with E-state index in [2.05, 4.69) is 5.10 Å². The minimum Gasteiger partial charge on any atom is -0.471 e. The standard InChI is InChI=1S/C17H9ClF5N3O2/c18-9-5-8(1-2-10(9)19)28-7-26-4-3-13(25-26)17(27)24-16-14(22)11(20)6-12(21)15(16)23/h1-6H,7H2,(H,24,27). The predicted molar refractivity (Wildman–Crippen MR) is 88.5 cm³/mol. The quantitative estimate of drug-likeness (QED) is 0.490. The van der Waals surface area contributed by atoms with Crippen LogP contribution in [0.1, 0.15) is 10.5 Å². The van der Waals surface area contributed by atoms with E-state index in [1.54, 1.807) is 5.32 Å². The first kappa shape index (κ1) is 19.6. The van der Waals surface area contributed by atoms with Gasteiger partial charge < -0.3 is 10.1 Å². The van der Waals surface area contributed by atoms with Crippen molar-refractivity contribution in [3.8, 4) is 5.75 Å². The summed E-state index contributed by atoms with van der Waals surface area (Å²) in [6.45, 7) is -0.202. The van der Waals surface area contributed by atoms with E-state index in [1.165, 1.54) is 24.4 Å². The van der Waals surface area contributed by atoms with Gasteiger partial charge in [-0.25, -0.2) is 26.6 Å². The summed E-state index contributed by atoms with van der Waals surface area (Å²) >= 11 is 5.62. The van der Waals surface area contributed by atoms with Gasteiger partial charge in [0.2, 0.25) is 0 Å². The number of benzene rings is 2. The molecule has 5 nitrogen and oxygen atoms in total. The molecule has 0 atom stereocenters. The maximum Gasteiger partial charge on any atom is 0.276 e. The van der Waals surface area contributed by atoms with Gasteiger partial charge in [0, 0.05) is 18.3 Å². The van der Waals surface area contributed by atoms with Crippen LogP contribution in [0.2, 0.25) is 5.02 Å². The minimum atomic E-state index is -1.75. The third kappa shape index (κ3) is 4.06. The van der Waals surface area contributed by atoms with E-state index in [9.17, 15) is 26.7 Å². The highest BCUT2D eigenvalue weighted by atomic mass is 35.5. The molecule has 0 aliphatic heterocycles. The number of aromatic nitrogens is 2. The van der Waals surface area contributed by atoms with E-state index in [-0.39, 0.29) is 29.3 Å². The van der Waals surface area contributed by atoms with E-state index in [1.807, 2.05) is 0 Å². The summed E-state index contributed by atoms with van der Waals surface area (Å²) in [6, 6.07) is 4.86. The summed E-state index contributed by atoms with van der Waals surface area (Å²) in [5, 5.41) is 5.39. The van der Waals surface area contributed by atoms with E-state index < -0.39 is 40.7 Å². The Balaban J connectivity index is 1.70. The van der Waals surface area contributed by atoms with Crippen molar-refractivity contribution < 1.29 is 31.5 Å². The van der Waals surface area contributed by atoms with Crippen LogP contribution in [-0.4, -0.2) is 15.7 Å². The Morgan fingerprint density at radius 2 is 1.71 bits per heavy atom. The maximum atomic E-state index is 13.6. The van der Waals surface area contributed by atoms with Crippen LogP contribution >= 0.6 is 11.6 Å². The summed E-state index contributed by atoms with van der Waals surface area (Å²) < 4.78 is 73.1. The topological polar surface area (TPSA) is 56.2 Å². The molecule has 0 aliphatic rings. The SMILES string of the molecule is O=C(Nc1c(F)c(F)cc(F)c1F)c1ccn(COc2ccc(F)c(Cl)c2)n1. The Morgan fingerprint density at radius 3 is 2.36 bits per heavy atom. The number of carbonyl (C=O) groups is 1. The van der Waals surface area contributed by atoms with Crippen LogP contribution in [0.3, 0.4) is 0 Å². The molecular weight excluding hydrogens is 409 g/mol. The average Bonchev–Trinajstić information content (AvgIpc) is 3.13. The highest BCUT2D eigenvalue weighted by molar-refractivity contribution is 6.30. The van der Waals surface area contributed by atoms with Gasteiger partial charge in [-0.2, -0.15) is 5.10 Å². The molecule has 2 aromatic carbocycles. The molecule has 3 aromatic rings. The summed E-state index contributed by atoms with van der Waals surface area (Å²) in [7, 11) is 0. The van der Waals surface area contributed by atoms with Gasteiger partial charge in [0.25, 0.3) is 5.91 Å². The highest BCUT2D eigenvalue weighted by Gasteiger charge is 2.22. The molecule has 0 bridgehead atoms. The molecule has 0 fully saturated rings. The Morgan fingerprint density at radius 1 is 1.04 bits per heavy atom. The molecule has 0 spiro atoms. The van der Waals surface area contributed by atoms with Crippen molar-refractivity contribution in [1.82, 2.24) is 9.78 Å². The van der Waals surface area contributed by atoms with Crippen molar-refractivity contribution in [3.63, 3.8) is 0 Å². The van der Waals surface area contributed by atoms with Crippen molar-refractivity contribution in [2.45, 2.75) is 6.73 Å². The first-order chi connectivity index (χ1) is 13.3. The monoisotopic (exact) mass is 417 g/mol. The largest absolute Gasteiger partial charge is 0.471 e. The zero-order valence-corrected chi connectivity index (χ0v) is 14.4. The van der Waals surface area contributed by atoms with Crippen LogP contribution in [0, 0.1) is 29.1 Å². The Kier molecular flexibility index (Phi) is 5.50. The smallest absolute Gasteiger partial charge is 0.276 e. The molecule has 0 saturated heterocycles. The molecule has 0 saturated carbocycles. The van der Waals surface area contributed by atoms with Crippen LogP contribution in [0.5, 0.6) is 5.75 Å². The second kappa shape index (κ2) is 7.85. The molecule has 1 N–H and O–H groups in total. The zero-order valence-electron chi connectivity index (χ0n) is 13.6. The fourth-order valence-electron chi connectivity index (χ4n) is 2.12. The molecule has 0 radical (unpaired) electrons. The first-order valence-electron chi connectivity index (χ1n) is 7.52. The summed E-state index contributed by atoms with van der Waals surface area (Å²) in [5.41, 5.74) is -1.57. The van der Waals surface area contributed by atoms with Gasteiger partial charge in [0.1, 0.15) is 17.3 Å². The van der Waals surface area contributed by atoms with Crippen molar-refractivity contribution in [2.24, 2.45) is 0 Å². The zero-order chi connectivity index (χ0) is 20.4. The number of nitrogens with one attached hydrogen (secondary N) is 1. The van der Waals surface area contributed by atoms with Crippen LogP contribution < -0.4 is 10.1 Å². The molecule has 1 aromatic heterocycles. The molecule has 1 heterocycles.